The van der Waals surface area contributed by atoms with Crippen molar-refractivity contribution in [1.82, 2.24) is 9.78 Å². The molecule has 3 heteroatoms. The molecule has 0 aromatic carbocycles. The first kappa shape index (κ1) is 8.33. The van der Waals surface area contributed by atoms with E-state index in [1.54, 1.807) is 0 Å². The molecular formula is C11H17N3. The molecule has 3 nitrogen and oxygen atoms in total. The van der Waals surface area contributed by atoms with Crippen LogP contribution in [0.1, 0.15) is 37.4 Å². The second kappa shape index (κ2) is 3.01. The Morgan fingerprint density at radius 1 is 1.36 bits per heavy atom. The maximum atomic E-state index is 4.68. The first-order valence-electron chi connectivity index (χ1n) is 5.69. The maximum Gasteiger partial charge on any atom is 0.127 e. The lowest BCUT2D eigenvalue weighted by molar-refractivity contribution is 0.508. The Morgan fingerprint density at radius 2 is 2.21 bits per heavy atom. The quantitative estimate of drug-likeness (QED) is 0.679. The fourth-order valence-electron chi connectivity index (χ4n) is 2.55. The second-order valence-electron chi connectivity index (χ2n) is 4.54. The number of aryl methyl sites for hydroxylation is 2. The van der Waals surface area contributed by atoms with Crippen LogP contribution in [0, 0.1) is 0 Å². The minimum atomic E-state index is 0.616. The third-order valence-corrected chi connectivity index (χ3v) is 3.38. The maximum absolute atomic E-state index is 4.68. The van der Waals surface area contributed by atoms with Crippen molar-refractivity contribution >= 4 is 5.82 Å². The number of aromatic nitrogens is 2. The first-order valence-corrected chi connectivity index (χ1v) is 5.69. The molecule has 1 aromatic rings. The molecular weight excluding hydrogens is 174 g/mol. The van der Waals surface area contributed by atoms with Crippen LogP contribution in [0.5, 0.6) is 0 Å². The van der Waals surface area contributed by atoms with Crippen LogP contribution in [0.2, 0.25) is 0 Å². The summed E-state index contributed by atoms with van der Waals surface area (Å²) in [6.45, 7) is 3.35. The summed E-state index contributed by atoms with van der Waals surface area (Å²) in [5.41, 5.74) is 2.86. The Hall–Kier alpha value is -0.990. The van der Waals surface area contributed by atoms with Gasteiger partial charge in [0.05, 0.1) is 5.69 Å². The standard InChI is InChI=1S/C11H17N3/c1-8-6-7-14-11(12-8)9-4-2-3-5-10(9)13-14/h8,12H,2-7H2,1H3. The van der Waals surface area contributed by atoms with E-state index in [4.69, 9.17) is 0 Å². The highest BCUT2D eigenvalue weighted by Crippen LogP contribution is 2.30. The summed E-state index contributed by atoms with van der Waals surface area (Å²) >= 11 is 0. The van der Waals surface area contributed by atoms with Gasteiger partial charge in [-0.3, -0.25) is 0 Å². The van der Waals surface area contributed by atoms with E-state index >= 15 is 0 Å². The predicted molar refractivity (Wildman–Crippen MR) is 56.6 cm³/mol. The van der Waals surface area contributed by atoms with Gasteiger partial charge in [0.2, 0.25) is 0 Å². The van der Waals surface area contributed by atoms with Crippen LogP contribution in [-0.2, 0) is 19.4 Å². The van der Waals surface area contributed by atoms with E-state index in [2.05, 4.69) is 22.0 Å². The van der Waals surface area contributed by atoms with E-state index in [9.17, 15) is 0 Å². The van der Waals surface area contributed by atoms with Crippen LogP contribution < -0.4 is 5.32 Å². The van der Waals surface area contributed by atoms with Gasteiger partial charge in [0.25, 0.3) is 0 Å². The zero-order chi connectivity index (χ0) is 9.54. The highest BCUT2D eigenvalue weighted by Gasteiger charge is 2.24. The van der Waals surface area contributed by atoms with Crippen molar-refractivity contribution < 1.29 is 0 Å². The Labute approximate surface area is 84.5 Å². The molecule has 0 saturated heterocycles. The van der Waals surface area contributed by atoms with Crippen molar-refractivity contribution in [3.8, 4) is 0 Å². The Kier molecular flexibility index (Phi) is 1.79. The molecule has 1 atom stereocenters. The largest absolute Gasteiger partial charge is 0.368 e. The monoisotopic (exact) mass is 191 g/mol. The Morgan fingerprint density at radius 3 is 3.14 bits per heavy atom. The molecule has 0 radical (unpaired) electrons. The number of hydrogen-bond donors (Lipinski definition) is 1. The fraction of sp³-hybridized carbons (Fsp3) is 0.727. The zero-order valence-electron chi connectivity index (χ0n) is 8.71. The van der Waals surface area contributed by atoms with Crippen molar-refractivity contribution in [2.45, 2.75) is 51.6 Å². The minimum Gasteiger partial charge on any atom is -0.368 e. The van der Waals surface area contributed by atoms with E-state index < -0.39 is 0 Å². The van der Waals surface area contributed by atoms with Crippen LogP contribution in [0.3, 0.4) is 0 Å². The van der Waals surface area contributed by atoms with Gasteiger partial charge in [0, 0.05) is 18.2 Å². The van der Waals surface area contributed by atoms with Crippen molar-refractivity contribution in [2.75, 3.05) is 5.32 Å². The zero-order valence-corrected chi connectivity index (χ0v) is 8.71. The fourth-order valence-corrected chi connectivity index (χ4v) is 2.55. The number of hydrogen-bond acceptors (Lipinski definition) is 2. The van der Waals surface area contributed by atoms with Gasteiger partial charge in [-0.15, -0.1) is 0 Å². The van der Waals surface area contributed by atoms with Crippen LogP contribution in [-0.4, -0.2) is 15.8 Å². The van der Waals surface area contributed by atoms with Gasteiger partial charge in [-0.2, -0.15) is 5.10 Å². The molecule has 0 amide bonds. The van der Waals surface area contributed by atoms with Gasteiger partial charge in [-0.05, 0) is 39.0 Å². The molecule has 1 aliphatic heterocycles. The van der Waals surface area contributed by atoms with Crippen molar-refractivity contribution in [1.29, 1.82) is 0 Å². The van der Waals surface area contributed by atoms with Crippen molar-refractivity contribution in [2.24, 2.45) is 0 Å². The molecule has 2 heterocycles. The third kappa shape index (κ3) is 1.15. The summed E-state index contributed by atoms with van der Waals surface area (Å²) < 4.78 is 2.18. The summed E-state index contributed by atoms with van der Waals surface area (Å²) in [6, 6.07) is 0.616. The third-order valence-electron chi connectivity index (χ3n) is 3.38. The van der Waals surface area contributed by atoms with E-state index in [0.717, 1.165) is 6.54 Å². The van der Waals surface area contributed by atoms with Crippen LogP contribution in [0.4, 0.5) is 5.82 Å². The Bertz CT molecular complexity index is 354. The Balaban J connectivity index is 2.05. The summed E-state index contributed by atoms with van der Waals surface area (Å²) in [6.07, 6.45) is 6.27. The van der Waals surface area contributed by atoms with Crippen molar-refractivity contribution in [3.63, 3.8) is 0 Å². The summed E-state index contributed by atoms with van der Waals surface area (Å²) in [4.78, 5) is 0. The molecule has 14 heavy (non-hydrogen) atoms. The van der Waals surface area contributed by atoms with Gasteiger partial charge in [0.15, 0.2) is 0 Å². The normalized spacial score (nSPS) is 25.1. The number of nitrogens with one attached hydrogen (secondary N) is 1. The number of nitrogens with zero attached hydrogens (tertiary/aromatic N) is 2. The lowest BCUT2D eigenvalue weighted by Crippen LogP contribution is -2.26. The molecule has 3 rings (SSSR count). The number of fused-ring (bicyclic) bond motifs is 3. The summed E-state index contributed by atoms with van der Waals surface area (Å²) in [5.74, 6) is 1.32. The smallest absolute Gasteiger partial charge is 0.127 e. The van der Waals surface area contributed by atoms with E-state index in [-0.39, 0.29) is 0 Å². The molecule has 0 bridgehead atoms. The lowest BCUT2D eigenvalue weighted by atomic mass is 9.97. The average Bonchev–Trinajstić information content (AvgIpc) is 2.56. The van der Waals surface area contributed by atoms with Crippen molar-refractivity contribution in [3.05, 3.63) is 11.3 Å². The van der Waals surface area contributed by atoms with E-state index in [1.165, 1.54) is 49.2 Å². The van der Waals surface area contributed by atoms with Gasteiger partial charge >= 0.3 is 0 Å². The molecule has 2 aliphatic rings. The van der Waals surface area contributed by atoms with Crippen LogP contribution >= 0.6 is 0 Å². The lowest BCUT2D eigenvalue weighted by Gasteiger charge is -2.23. The van der Waals surface area contributed by atoms with Gasteiger partial charge in [-0.25, -0.2) is 4.68 Å². The molecule has 1 N–H and O–H groups in total. The summed E-state index contributed by atoms with van der Waals surface area (Å²) in [5, 5.41) is 8.25. The van der Waals surface area contributed by atoms with Gasteiger partial charge in [-0.1, -0.05) is 0 Å². The van der Waals surface area contributed by atoms with Gasteiger partial charge in [0.1, 0.15) is 5.82 Å². The van der Waals surface area contributed by atoms with E-state index in [0.29, 0.717) is 6.04 Å². The molecule has 1 unspecified atom stereocenters. The first-order chi connectivity index (χ1) is 6.84. The molecule has 0 spiro atoms. The highest BCUT2D eigenvalue weighted by atomic mass is 15.3. The van der Waals surface area contributed by atoms with E-state index in [1.807, 2.05) is 0 Å². The van der Waals surface area contributed by atoms with Crippen LogP contribution in [0.15, 0.2) is 0 Å². The molecule has 76 valence electrons. The van der Waals surface area contributed by atoms with Gasteiger partial charge < -0.3 is 5.32 Å². The molecule has 1 aromatic heterocycles. The topological polar surface area (TPSA) is 29.9 Å². The summed E-state index contributed by atoms with van der Waals surface area (Å²) in [7, 11) is 0. The average molecular weight is 191 g/mol. The molecule has 0 saturated carbocycles. The second-order valence-corrected chi connectivity index (χ2v) is 4.54. The molecule has 0 fully saturated rings. The predicted octanol–water partition coefficient (Wildman–Crippen LogP) is 1.97. The highest BCUT2D eigenvalue weighted by molar-refractivity contribution is 5.50. The number of anilines is 1. The SMILES string of the molecule is CC1CCn2nc3c(c2N1)CCCC3. The van der Waals surface area contributed by atoms with Crippen LogP contribution in [0.25, 0.3) is 0 Å². The molecule has 1 aliphatic carbocycles. The number of rotatable bonds is 0. The minimum absolute atomic E-state index is 0.616.